The maximum absolute atomic E-state index is 9.34. The van der Waals surface area contributed by atoms with Crippen molar-refractivity contribution in [2.24, 2.45) is 75.9 Å². The molecule has 3 aliphatic carbocycles. The third-order valence-electron chi connectivity index (χ3n) is 15.2. The number of hydrogen-bond donors (Lipinski definition) is 1. The molecule has 0 aromatic heterocycles. The largest absolute Gasteiger partial charge is 0.198 e. The van der Waals surface area contributed by atoms with Crippen LogP contribution >= 0.6 is 12.6 Å². The van der Waals surface area contributed by atoms with Crippen molar-refractivity contribution >= 4 is 12.6 Å². The van der Waals surface area contributed by atoms with Gasteiger partial charge in [0.15, 0.2) is 0 Å². The second-order valence-corrected chi connectivity index (χ2v) is 19.5. The monoisotopic (exact) mass is 692 g/mol. The summed E-state index contributed by atoms with van der Waals surface area (Å²) in [5.41, 5.74) is 2.26. The van der Waals surface area contributed by atoms with Crippen LogP contribution in [0.3, 0.4) is 0 Å². The molecule has 2 heteroatoms. The highest BCUT2D eigenvalue weighted by Gasteiger charge is 2.42. The van der Waals surface area contributed by atoms with Crippen molar-refractivity contribution in [3.05, 3.63) is 35.8 Å². The topological polar surface area (TPSA) is 23.8 Å². The van der Waals surface area contributed by atoms with Crippen LogP contribution in [0.4, 0.5) is 0 Å². The van der Waals surface area contributed by atoms with Crippen LogP contribution in [-0.2, 0) is 0 Å². The summed E-state index contributed by atoms with van der Waals surface area (Å²) in [6.45, 7) is 31.5. The molecule has 0 aromatic carbocycles. The Kier molecular flexibility index (Phi) is 17.1. The van der Waals surface area contributed by atoms with Crippen molar-refractivity contribution in [3.63, 3.8) is 0 Å². The predicted molar refractivity (Wildman–Crippen MR) is 219 cm³/mol. The average molecular weight is 692 g/mol. The molecule has 2 fully saturated rings. The molecule has 0 aliphatic heterocycles. The van der Waals surface area contributed by atoms with E-state index in [1.807, 2.05) is 0 Å². The summed E-state index contributed by atoms with van der Waals surface area (Å²) in [5.74, 6) is 7.52. The van der Waals surface area contributed by atoms with E-state index >= 15 is 0 Å². The van der Waals surface area contributed by atoms with Gasteiger partial charge in [0.2, 0.25) is 0 Å². The number of hydrogen-bond acceptors (Lipinski definition) is 2. The van der Waals surface area contributed by atoms with Gasteiger partial charge in [-0.25, -0.2) is 0 Å². The summed E-state index contributed by atoms with van der Waals surface area (Å²) in [7, 11) is 0. The minimum Gasteiger partial charge on any atom is -0.198 e. The summed E-state index contributed by atoms with van der Waals surface area (Å²) in [4.78, 5) is 1.10. The Labute approximate surface area is 312 Å². The minimum atomic E-state index is 0.314. The van der Waals surface area contributed by atoms with Gasteiger partial charge in [-0.05, 0) is 178 Å². The molecule has 280 valence electrons. The van der Waals surface area contributed by atoms with Crippen molar-refractivity contribution in [3.8, 4) is 6.07 Å². The molecule has 49 heavy (non-hydrogen) atoms. The van der Waals surface area contributed by atoms with Crippen LogP contribution in [0, 0.1) is 87.3 Å². The third-order valence-corrected chi connectivity index (χ3v) is 15.6. The molecule has 0 spiro atoms. The number of allylic oxidation sites excluding steroid dienone is 4. The Balaban J connectivity index is 1.53. The third kappa shape index (κ3) is 11.8. The van der Waals surface area contributed by atoms with Gasteiger partial charge in [0.1, 0.15) is 0 Å². The Morgan fingerprint density at radius 3 is 2.14 bits per heavy atom. The number of nitrogens with zero attached hydrogens (tertiary/aromatic N) is 1. The van der Waals surface area contributed by atoms with Gasteiger partial charge in [0, 0.05) is 5.92 Å². The smallest absolute Gasteiger partial charge is 0.0655 e. The zero-order valence-corrected chi connectivity index (χ0v) is 34.9. The Bertz CT molecular complexity index is 1090. The molecule has 0 radical (unpaired) electrons. The first-order valence-electron chi connectivity index (χ1n) is 21.3. The van der Waals surface area contributed by atoms with Gasteiger partial charge >= 0.3 is 0 Å². The normalized spacial score (nSPS) is 33.4. The molecule has 0 amide bonds. The number of thiol groups is 1. The van der Waals surface area contributed by atoms with E-state index in [0.717, 1.165) is 47.3 Å². The lowest BCUT2D eigenvalue weighted by atomic mass is 9.57. The van der Waals surface area contributed by atoms with E-state index in [2.05, 4.69) is 87.1 Å². The summed E-state index contributed by atoms with van der Waals surface area (Å²) < 4.78 is 0. The van der Waals surface area contributed by atoms with Crippen LogP contribution in [0.15, 0.2) is 35.8 Å². The lowest BCUT2D eigenvalue weighted by Crippen LogP contribution is -2.37. The summed E-state index contributed by atoms with van der Waals surface area (Å²) in [6.07, 6.45) is 28.3. The second kappa shape index (κ2) is 19.8. The minimum absolute atomic E-state index is 0.314. The molecule has 2 saturated carbocycles. The van der Waals surface area contributed by atoms with Crippen molar-refractivity contribution < 1.29 is 0 Å². The number of nitriles is 1. The van der Waals surface area contributed by atoms with Gasteiger partial charge in [0.25, 0.3) is 0 Å². The van der Waals surface area contributed by atoms with Gasteiger partial charge in [-0.2, -0.15) is 5.26 Å². The highest BCUT2D eigenvalue weighted by atomic mass is 32.1. The van der Waals surface area contributed by atoms with Crippen LogP contribution in [0.5, 0.6) is 0 Å². The summed E-state index contributed by atoms with van der Waals surface area (Å²) in [5, 5.41) is 9.34. The predicted octanol–water partition coefficient (Wildman–Crippen LogP) is 15.1. The fourth-order valence-corrected chi connectivity index (χ4v) is 11.9. The maximum Gasteiger partial charge on any atom is 0.0655 e. The zero-order chi connectivity index (χ0) is 36.4. The highest BCUT2D eigenvalue weighted by Crippen LogP contribution is 2.53. The second-order valence-electron chi connectivity index (χ2n) is 18.9. The van der Waals surface area contributed by atoms with Gasteiger partial charge in [-0.3, -0.25) is 0 Å². The first-order chi connectivity index (χ1) is 23.2. The van der Waals surface area contributed by atoms with Gasteiger partial charge < -0.3 is 0 Å². The summed E-state index contributed by atoms with van der Waals surface area (Å²) >= 11 is 4.70. The summed E-state index contributed by atoms with van der Waals surface area (Å²) in [6, 6.07) is 2.53. The van der Waals surface area contributed by atoms with Gasteiger partial charge in [0.05, 0.1) is 6.07 Å². The molecule has 0 saturated heterocycles. The van der Waals surface area contributed by atoms with Crippen molar-refractivity contribution in [2.75, 3.05) is 0 Å². The molecule has 3 aliphatic rings. The highest BCUT2D eigenvalue weighted by molar-refractivity contribution is 7.84. The SMILES string of the molecule is C=C(C(C)CC(C)C1CCCC(C(CC)C(=C)S)C1)C(CC)CC(C)CC(C)C1(CC)C=CCC(C)(CCC(C)C2CCC(C#N)CC2)C1. The van der Waals surface area contributed by atoms with Crippen LogP contribution in [0.25, 0.3) is 0 Å². The van der Waals surface area contributed by atoms with Crippen molar-refractivity contribution in [1.82, 2.24) is 0 Å². The molecule has 0 N–H and O–H groups in total. The molecule has 0 bridgehead atoms. The molecule has 1 nitrogen and oxygen atoms in total. The fourth-order valence-electron chi connectivity index (χ4n) is 11.5. The molecular formula is C47H81NS. The van der Waals surface area contributed by atoms with E-state index in [9.17, 15) is 5.26 Å². The van der Waals surface area contributed by atoms with Crippen LogP contribution < -0.4 is 0 Å². The molecule has 0 aromatic rings. The van der Waals surface area contributed by atoms with E-state index in [0.29, 0.717) is 46.3 Å². The van der Waals surface area contributed by atoms with Crippen molar-refractivity contribution in [1.29, 1.82) is 5.26 Å². The van der Waals surface area contributed by atoms with E-state index in [-0.39, 0.29) is 0 Å². The average Bonchev–Trinajstić information content (AvgIpc) is 3.09. The molecule has 11 unspecified atom stereocenters. The standard InChI is InChI=1S/C47H81NS/c1-12-41(38(9)35(6)29-36(7)43-17-15-18-44(30-43)45(13-2)39(10)49)28-33(4)27-37(8)47(14-3)25-16-24-46(11,32-47)26-23-34(5)42-21-19-40(31-48)20-22-42/h16,25,33-37,40-45,49H,9-10,12-15,17-24,26-30,32H2,1-8,11H3. The fraction of sp³-hybridized carbons (Fsp3) is 0.851. The quantitative estimate of drug-likeness (QED) is 0.106. The Hall–Kier alpha value is -0.940. The van der Waals surface area contributed by atoms with Gasteiger partial charge in [-0.1, -0.05) is 106 Å². The van der Waals surface area contributed by atoms with Crippen LogP contribution in [-0.4, -0.2) is 0 Å². The molecule has 3 rings (SSSR count). The van der Waals surface area contributed by atoms with Crippen LogP contribution in [0.1, 0.15) is 178 Å². The first kappa shape index (κ1) is 42.5. The molecular weight excluding hydrogens is 611 g/mol. The lowest BCUT2D eigenvalue weighted by molar-refractivity contribution is 0.0805. The van der Waals surface area contributed by atoms with E-state index < -0.39 is 0 Å². The maximum atomic E-state index is 9.34. The zero-order valence-electron chi connectivity index (χ0n) is 34.0. The molecule has 0 heterocycles. The van der Waals surface area contributed by atoms with E-state index in [1.165, 1.54) is 108 Å². The molecule has 11 atom stereocenters. The van der Waals surface area contributed by atoms with E-state index in [4.69, 9.17) is 19.2 Å². The van der Waals surface area contributed by atoms with Crippen LogP contribution in [0.2, 0.25) is 0 Å². The van der Waals surface area contributed by atoms with Gasteiger partial charge in [-0.15, -0.1) is 12.6 Å². The lowest BCUT2D eigenvalue weighted by Gasteiger charge is -2.47. The number of rotatable bonds is 19. The van der Waals surface area contributed by atoms with E-state index in [1.54, 1.807) is 0 Å². The van der Waals surface area contributed by atoms with Crippen molar-refractivity contribution in [2.45, 2.75) is 178 Å². The Morgan fingerprint density at radius 2 is 1.55 bits per heavy atom. The first-order valence-corrected chi connectivity index (χ1v) is 21.8. The Morgan fingerprint density at radius 1 is 0.878 bits per heavy atom.